The molecule has 0 aliphatic carbocycles. The van der Waals surface area contributed by atoms with Gasteiger partial charge < -0.3 is 9.84 Å². The third kappa shape index (κ3) is 4.43. The molecular weight excluding hydrogens is 612 g/mol. The first-order chi connectivity index (χ1) is 18.0. The number of carbonyl (C=O) groups is 1. The summed E-state index contributed by atoms with van der Waals surface area (Å²) in [5, 5.41) is 14.5. The predicted octanol–water partition coefficient (Wildman–Crippen LogP) is 9.47. The first-order valence-electron chi connectivity index (χ1n) is 11.8. The maximum atomic E-state index is 12.0. The highest BCUT2D eigenvalue weighted by atomic mass is 79.9. The molecule has 3 nitrogen and oxygen atoms in total. The molecule has 0 fully saturated rings. The van der Waals surface area contributed by atoms with Crippen molar-refractivity contribution in [3.8, 4) is 16.9 Å². The first-order valence-corrected chi connectivity index (χ1v) is 14.2. The Bertz CT molecular complexity index is 1790. The van der Waals surface area contributed by atoms with Gasteiger partial charge in [-0.3, -0.25) is 0 Å². The van der Waals surface area contributed by atoms with E-state index < -0.39 is 12.1 Å². The zero-order valence-corrected chi connectivity index (χ0v) is 23.4. The normalized spacial score (nSPS) is 12.3. The number of halogens is 2. The van der Waals surface area contributed by atoms with Gasteiger partial charge in [-0.05, 0) is 77.5 Å². The Hall–Kier alpha value is -3.19. The number of aliphatic carboxylic acids is 1. The van der Waals surface area contributed by atoms with Gasteiger partial charge >= 0.3 is 5.97 Å². The SMILES string of the molecule is O=C(O)[C@@H](Cc1ccccc1)Oc1ccc(-c2c3ccccc3c(Br)c3sc4ccccc4c23)cc1Br. The molecule has 0 spiro atoms. The summed E-state index contributed by atoms with van der Waals surface area (Å²) in [5.74, 6) is -0.495. The smallest absolute Gasteiger partial charge is 0.345 e. The maximum absolute atomic E-state index is 12.0. The van der Waals surface area contributed by atoms with Crippen molar-refractivity contribution < 1.29 is 14.6 Å². The fourth-order valence-corrected chi connectivity index (χ4v) is 7.23. The lowest BCUT2D eigenvalue weighted by atomic mass is 9.93. The Labute approximate surface area is 234 Å². The monoisotopic (exact) mass is 630 g/mol. The van der Waals surface area contributed by atoms with Crippen molar-refractivity contribution in [3.05, 3.63) is 112 Å². The summed E-state index contributed by atoms with van der Waals surface area (Å²) in [7, 11) is 0. The van der Waals surface area contributed by atoms with Gasteiger partial charge in [0, 0.05) is 26.4 Å². The van der Waals surface area contributed by atoms with Crippen molar-refractivity contribution in [2.45, 2.75) is 12.5 Å². The van der Waals surface area contributed by atoms with E-state index in [1.807, 2.05) is 48.5 Å². The fraction of sp³-hybridized carbons (Fsp3) is 0.0645. The number of thiophene rings is 1. The Balaban J connectivity index is 1.48. The minimum atomic E-state index is -0.995. The van der Waals surface area contributed by atoms with Crippen LogP contribution in [0.15, 0.2) is 106 Å². The number of benzene rings is 5. The molecule has 0 saturated heterocycles. The highest BCUT2D eigenvalue weighted by Gasteiger charge is 2.23. The zero-order valence-electron chi connectivity index (χ0n) is 19.4. The largest absolute Gasteiger partial charge is 0.478 e. The van der Waals surface area contributed by atoms with Gasteiger partial charge in [0.25, 0.3) is 0 Å². The highest BCUT2D eigenvalue weighted by molar-refractivity contribution is 9.11. The Kier molecular flexibility index (Phi) is 6.49. The molecule has 37 heavy (non-hydrogen) atoms. The van der Waals surface area contributed by atoms with Crippen molar-refractivity contribution in [1.82, 2.24) is 0 Å². The standard InChI is InChI=1S/C31H20Br2O3S/c32-23-17-19(14-15-24(23)36-25(31(34)35)16-18-8-2-1-3-9-18)27-20-10-4-5-11-21(20)29(33)30-28(27)22-12-6-7-13-26(22)37-30/h1-15,17,25H,16H2,(H,34,35)/t25-/m1/s1. The summed E-state index contributed by atoms with van der Waals surface area (Å²) < 4.78 is 10.3. The van der Waals surface area contributed by atoms with Crippen LogP contribution in [0.2, 0.25) is 0 Å². The quantitative estimate of drug-likeness (QED) is 0.199. The van der Waals surface area contributed by atoms with Crippen LogP contribution < -0.4 is 4.74 Å². The summed E-state index contributed by atoms with van der Waals surface area (Å²) >= 11 is 9.34. The number of hydrogen-bond donors (Lipinski definition) is 1. The summed E-state index contributed by atoms with van der Waals surface area (Å²) in [4.78, 5) is 12.0. The number of rotatable bonds is 6. The summed E-state index contributed by atoms with van der Waals surface area (Å²) in [6.07, 6.45) is -0.714. The Morgan fingerprint density at radius 3 is 2.24 bits per heavy atom. The van der Waals surface area contributed by atoms with Gasteiger partial charge in [-0.15, -0.1) is 11.3 Å². The number of hydrogen-bond acceptors (Lipinski definition) is 3. The van der Waals surface area contributed by atoms with E-state index in [0.717, 1.165) is 31.9 Å². The average molecular weight is 632 g/mol. The van der Waals surface area contributed by atoms with Crippen LogP contribution in [0.5, 0.6) is 5.75 Å². The second kappa shape index (κ2) is 9.93. The van der Waals surface area contributed by atoms with E-state index in [1.165, 1.54) is 20.2 Å². The van der Waals surface area contributed by atoms with E-state index >= 15 is 0 Å². The summed E-state index contributed by atoms with van der Waals surface area (Å²) in [6.45, 7) is 0. The molecule has 6 heteroatoms. The molecule has 0 amide bonds. The molecule has 6 rings (SSSR count). The molecule has 182 valence electrons. The van der Waals surface area contributed by atoms with Crippen molar-refractivity contribution in [2.75, 3.05) is 0 Å². The van der Waals surface area contributed by atoms with Crippen LogP contribution in [0.3, 0.4) is 0 Å². The zero-order chi connectivity index (χ0) is 25.5. The van der Waals surface area contributed by atoms with E-state index in [0.29, 0.717) is 10.2 Å². The van der Waals surface area contributed by atoms with Crippen LogP contribution in [0.1, 0.15) is 5.56 Å². The lowest BCUT2D eigenvalue weighted by Gasteiger charge is -2.18. The molecule has 0 aliphatic rings. The molecule has 0 unspecified atom stereocenters. The van der Waals surface area contributed by atoms with Gasteiger partial charge in [0.2, 0.25) is 0 Å². The molecule has 1 heterocycles. The van der Waals surface area contributed by atoms with Gasteiger partial charge in [-0.2, -0.15) is 0 Å². The first kappa shape index (κ1) is 24.2. The van der Waals surface area contributed by atoms with Gasteiger partial charge in [-0.1, -0.05) is 78.9 Å². The van der Waals surface area contributed by atoms with Crippen LogP contribution in [0.4, 0.5) is 0 Å². The summed E-state index contributed by atoms with van der Waals surface area (Å²) in [5.41, 5.74) is 3.10. The number of fused-ring (bicyclic) bond motifs is 4. The molecule has 1 atom stereocenters. The lowest BCUT2D eigenvalue weighted by Crippen LogP contribution is -2.29. The topological polar surface area (TPSA) is 46.5 Å². The predicted molar refractivity (Wildman–Crippen MR) is 160 cm³/mol. The van der Waals surface area contributed by atoms with Crippen molar-refractivity contribution in [3.63, 3.8) is 0 Å². The molecule has 0 radical (unpaired) electrons. The molecular formula is C31H20Br2O3S. The highest BCUT2D eigenvalue weighted by Crippen LogP contribution is 2.49. The van der Waals surface area contributed by atoms with Crippen molar-refractivity contribution in [2.24, 2.45) is 0 Å². The van der Waals surface area contributed by atoms with Crippen LogP contribution >= 0.6 is 43.2 Å². The molecule has 0 aliphatic heterocycles. The molecule has 1 N–H and O–H groups in total. The van der Waals surface area contributed by atoms with Gasteiger partial charge in [0.05, 0.1) is 9.17 Å². The van der Waals surface area contributed by atoms with E-state index in [1.54, 1.807) is 11.3 Å². The molecule has 1 aromatic heterocycles. The lowest BCUT2D eigenvalue weighted by molar-refractivity contribution is -0.145. The summed E-state index contributed by atoms with van der Waals surface area (Å²) in [6, 6.07) is 32.3. The second-order valence-corrected chi connectivity index (χ2v) is 11.5. The van der Waals surface area contributed by atoms with Gasteiger partial charge in [0.15, 0.2) is 6.10 Å². The molecule has 5 aromatic carbocycles. The van der Waals surface area contributed by atoms with E-state index in [9.17, 15) is 9.90 Å². The second-order valence-electron chi connectivity index (χ2n) is 8.82. The molecule has 0 bridgehead atoms. The Morgan fingerprint density at radius 2 is 1.51 bits per heavy atom. The molecule has 6 aromatic rings. The van der Waals surface area contributed by atoms with Crippen molar-refractivity contribution in [1.29, 1.82) is 0 Å². The number of carboxylic acids is 1. The third-order valence-corrected chi connectivity index (χ3v) is 9.40. The van der Waals surface area contributed by atoms with E-state index in [4.69, 9.17) is 4.74 Å². The van der Waals surface area contributed by atoms with E-state index in [-0.39, 0.29) is 6.42 Å². The maximum Gasteiger partial charge on any atom is 0.345 e. The average Bonchev–Trinajstić information content (AvgIpc) is 3.30. The van der Waals surface area contributed by atoms with E-state index in [2.05, 4.69) is 80.4 Å². The minimum absolute atomic E-state index is 0.281. The van der Waals surface area contributed by atoms with Crippen molar-refractivity contribution >= 4 is 80.1 Å². The minimum Gasteiger partial charge on any atom is -0.478 e. The fourth-order valence-electron chi connectivity index (χ4n) is 4.81. The third-order valence-electron chi connectivity index (χ3n) is 6.51. The van der Waals surface area contributed by atoms with Crippen LogP contribution in [0.25, 0.3) is 42.1 Å². The number of ether oxygens (including phenoxy) is 1. The van der Waals surface area contributed by atoms with Gasteiger partial charge in [0.1, 0.15) is 5.75 Å². The number of carboxylic acid groups (broad SMARTS) is 1. The van der Waals surface area contributed by atoms with Crippen LogP contribution in [-0.2, 0) is 11.2 Å². The Morgan fingerprint density at radius 1 is 0.838 bits per heavy atom. The van der Waals surface area contributed by atoms with Crippen LogP contribution in [0, 0.1) is 0 Å². The molecule has 0 saturated carbocycles. The van der Waals surface area contributed by atoms with Crippen LogP contribution in [-0.4, -0.2) is 17.2 Å². The van der Waals surface area contributed by atoms with Gasteiger partial charge in [-0.25, -0.2) is 4.79 Å².